The van der Waals surface area contributed by atoms with Crippen LogP contribution in [0.1, 0.15) is 16.8 Å². The van der Waals surface area contributed by atoms with E-state index < -0.39 is 12.1 Å². The minimum Gasteiger partial charge on any atom is -0.344 e. The molecule has 2 amide bonds. The van der Waals surface area contributed by atoms with Crippen LogP contribution in [0.3, 0.4) is 0 Å². The zero-order chi connectivity index (χ0) is 26.9. The number of carbonyl (C=O) groups excluding carboxylic acids is 2. The number of fused-ring (bicyclic) bond motifs is 1. The molecule has 3 aromatic carbocycles. The lowest BCUT2D eigenvalue weighted by Crippen LogP contribution is -2.54. The maximum absolute atomic E-state index is 13.8. The topological polar surface area (TPSA) is 65.5 Å². The number of carbonyl (C=O) groups is 2. The predicted octanol–water partition coefficient (Wildman–Crippen LogP) is 4.14. The lowest BCUT2D eigenvalue weighted by Gasteiger charge is -2.33. The second-order valence-corrected chi connectivity index (χ2v) is 9.71. The van der Waals surface area contributed by atoms with Gasteiger partial charge in [-0.1, -0.05) is 78.9 Å². The van der Waals surface area contributed by atoms with Crippen molar-refractivity contribution in [1.29, 1.82) is 0 Å². The Morgan fingerprint density at radius 1 is 0.789 bits per heavy atom. The summed E-state index contributed by atoms with van der Waals surface area (Å²) in [5.41, 5.74) is 3.02. The first-order valence-electron chi connectivity index (χ1n) is 13.1. The summed E-state index contributed by atoms with van der Waals surface area (Å²) in [4.78, 5) is 35.2. The molecule has 0 aliphatic rings. The van der Waals surface area contributed by atoms with Crippen LogP contribution >= 0.6 is 0 Å². The quantitative estimate of drug-likeness (QED) is 0.331. The molecule has 1 heterocycles. The molecule has 4 aromatic rings. The molecule has 0 saturated carbocycles. The average Bonchev–Trinajstić information content (AvgIpc) is 2.97. The zero-order valence-corrected chi connectivity index (χ0v) is 22.4. The summed E-state index contributed by atoms with van der Waals surface area (Å²) >= 11 is 0. The molecule has 2 atom stereocenters. The number of amides is 2. The van der Waals surface area contributed by atoms with E-state index >= 15 is 0 Å². The Morgan fingerprint density at radius 3 is 2.21 bits per heavy atom. The summed E-state index contributed by atoms with van der Waals surface area (Å²) < 4.78 is 0. The van der Waals surface area contributed by atoms with Crippen LogP contribution in [-0.4, -0.2) is 66.4 Å². The van der Waals surface area contributed by atoms with E-state index in [-0.39, 0.29) is 11.8 Å². The Morgan fingerprint density at radius 2 is 1.50 bits per heavy atom. The summed E-state index contributed by atoms with van der Waals surface area (Å²) in [5, 5.41) is 5.50. The zero-order valence-electron chi connectivity index (χ0n) is 22.4. The molecule has 6 nitrogen and oxygen atoms in total. The van der Waals surface area contributed by atoms with Crippen molar-refractivity contribution in [2.24, 2.45) is 0 Å². The molecule has 196 valence electrons. The van der Waals surface area contributed by atoms with E-state index in [0.29, 0.717) is 25.8 Å². The number of rotatable bonds is 11. The van der Waals surface area contributed by atoms with Gasteiger partial charge in [0.15, 0.2) is 0 Å². The standard InChI is InChI=1S/C32H36N4O2/c1-33-29(22-25-16-17-26-13-7-8-14-27(26)21-25)31(37)36(3)30(23-24-11-5-4-6-12-24)32(38)35(2)20-18-28-15-9-10-19-34-28/h4-17,19,21,29-30,33H,18,20,22-23H2,1-3H3/t29-,30-/m1/s1. The fourth-order valence-electron chi connectivity index (χ4n) is 4.73. The van der Waals surface area contributed by atoms with Gasteiger partial charge in [0, 0.05) is 45.4 Å². The van der Waals surface area contributed by atoms with Crippen LogP contribution in [0.25, 0.3) is 10.8 Å². The van der Waals surface area contributed by atoms with Crippen molar-refractivity contribution in [2.75, 3.05) is 27.7 Å². The molecule has 0 radical (unpaired) electrons. The SMILES string of the molecule is CN[C@H](Cc1ccc2ccccc2c1)C(=O)N(C)[C@H](Cc1ccccc1)C(=O)N(C)CCc1ccccn1. The Bertz CT molecular complexity index is 1340. The van der Waals surface area contributed by atoms with Crippen molar-refractivity contribution >= 4 is 22.6 Å². The van der Waals surface area contributed by atoms with Gasteiger partial charge >= 0.3 is 0 Å². The molecule has 38 heavy (non-hydrogen) atoms. The van der Waals surface area contributed by atoms with Gasteiger partial charge in [-0.25, -0.2) is 0 Å². The third kappa shape index (κ3) is 6.84. The first-order chi connectivity index (χ1) is 18.5. The molecule has 0 bridgehead atoms. The number of aromatic nitrogens is 1. The van der Waals surface area contributed by atoms with Gasteiger partial charge in [0.2, 0.25) is 11.8 Å². The number of nitrogens with one attached hydrogen (secondary N) is 1. The molecule has 0 aliphatic heterocycles. The summed E-state index contributed by atoms with van der Waals surface area (Å²) in [7, 11) is 5.34. The Labute approximate surface area is 225 Å². The summed E-state index contributed by atoms with van der Waals surface area (Å²) in [6, 6.07) is 29.1. The van der Waals surface area contributed by atoms with E-state index in [9.17, 15) is 9.59 Å². The van der Waals surface area contributed by atoms with E-state index in [0.717, 1.165) is 22.2 Å². The van der Waals surface area contributed by atoms with Gasteiger partial charge in [-0.2, -0.15) is 0 Å². The number of benzene rings is 3. The third-order valence-electron chi connectivity index (χ3n) is 7.08. The number of hydrogen-bond acceptors (Lipinski definition) is 4. The highest BCUT2D eigenvalue weighted by atomic mass is 16.2. The molecule has 0 unspecified atom stereocenters. The van der Waals surface area contributed by atoms with E-state index in [1.54, 1.807) is 37.1 Å². The highest BCUT2D eigenvalue weighted by molar-refractivity contribution is 5.90. The Hall–Kier alpha value is -4.03. The predicted molar refractivity (Wildman–Crippen MR) is 153 cm³/mol. The Kier molecular flexibility index (Phi) is 9.22. The van der Waals surface area contributed by atoms with Gasteiger partial charge in [0.25, 0.3) is 0 Å². The van der Waals surface area contributed by atoms with Crippen molar-refractivity contribution in [1.82, 2.24) is 20.1 Å². The van der Waals surface area contributed by atoms with Gasteiger partial charge in [0.05, 0.1) is 6.04 Å². The summed E-state index contributed by atoms with van der Waals surface area (Å²) in [5.74, 6) is -0.186. The van der Waals surface area contributed by atoms with Crippen LogP contribution in [0, 0.1) is 0 Å². The second-order valence-electron chi connectivity index (χ2n) is 9.71. The normalized spacial score (nSPS) is 12.6. The Balaban J connectivity index is 1.51. The van der Waals surface area contributed by atoms with Crippen LogP contribution in [0.2, 0.25) is 0 Å². The number of hydrogen-bond donors (Lipinski definition) is 1. The fraction of sp³-hybridized carbons (Fsp3) is 0.281. The van der Waals surface area contributed by atoms with Crippen LogP contribution in [-0.2, 0) is 28.9 Å². The average molecular weight is 509 g/mol. The number of nitrogens with zero attached hydrogens (tertiary/aromatic N) is 3. The maximum atomic E-state index is 13.8. The summed E-state index contributed by atoms with van der Waals surface area (Å²) in [6.07, 6.45) is 3.39. The molecule has 6 heteroatoms. The van der Waals surface area contributed by atoms with Crippen molar-refractivity contribution < 1.29 is 9.59 Å². The first-order valence-corrected chi connectivity index (χ1v) is 13.1. The van der Waals surface area contributed by atoms with Crippen LogP contribution in [0.15, 0.2) is 97.2 Å². The van der Waals surface area contributed by atoms with E-state index in [1.807, 2.05) is 60.7 Å². The molecule has 0 aliphatic carbocycles. The van der Waals surface area contributed by atoms with Crippen molar-refractivity contribution in [3.8, 4) is 0 Å². The van der Waals surface area contributed by atoms with Crippen molar-refractivity contribution in [3.63, 3.8) is 0 Å². The smallest absolute Gasteiger partial charge is 0.245 e. The highest BCUT2D eigenvalue weighted by Gasteiger charge is 2.32. The lowest BCUT2D eigenvalue weighted by atomic mass is 9.99. The van der Waals surface area contributed by atoms with Crippen LogP contribution < -0.4 is 5.32 Å². The molecule has 0 spiro atoms. The monoisotopic (exact) mass is 508 g/mol. The van der Waals surface area contributed by atoms with Gasteiger partial charge in [-0.05, 0) is 47.5 Å². The maximum Gasteiger partial charge on any atom is 0.245 e. The van der Waals surface area contributed by atoms with Crippen molar-refractivity contribution in [3.05, 3.63) is 114 Å². The second kappa shape index (κ2) is 13.0. The lowest BCUT2D eigenvalue weighted by molar-refractivity contribution is -0.144. The third-order valence-corrected chi connectivity index (χ3v) is 7.08. The van der Waals surface area contributed by atoms with Crippen LogP contribution in [0.4, 0.5) is 0 Å². The molecule has 0 saturated heterocycles. The first kappa shape index (κ1) is 27.0. The van der Waals surface area contributed by atoms with Crippen LogP contribution in [0.5, 0.6) is 0 Å². The molecular weight excluding hydrogens is 472 g/mol. The van der Waals surface area contributed by atoms with Gasteiger partial charge in [-0.15, -0.1) is 0 Å². The van der Waals surface area contributed by atoms with E-state index in [1.165, 1.54) is 5.39 Å². The number of likely N-dealkylation sites (N-methyl/N-ethyl adjacent to an activating group) is 3. The minimum absolute atomic E-state index is 0.0822. The van der Waals surface area contributed by atoms with Gasteiger partial charge < -0.3 is 15.1 Å². The highest BCUT2D eigenvalue weighted by Crippen LogP contribution is 2.18. The number of pyridine rings is 1. The van der Waals surface area contributed by atoms with Gasteiger partial charge in [0.1, 0.15) is 6.04 Å². The van der Waals surface area contributed by atoms with E-state index in [2.05, 4.69) is 40.6 Å². The largest absolute Gasteiger partial charge is 0.344 e. The molecule has 0 fully saturated rings. The molecular formula is C32H36N4O2. The van der Waals surface area contributed by atoms with E-state index in [4.69, 9.17) is 0 Å². The molecule has 4 rings (SSSR count). The molecule has 1 N–H and O–H groups in total. The van der Waals surface area contributed by atoms with Crippen molar-refractivity contribution in [2.45, 2.75) is 31.3 Å². The summed E-state index contributed by atoms with van der Waals surface area (Å²) in [6.45, 7) is 0.524. The molecule has 1 aromatic heterocycles. The fourth-order valence-corrected chi connectivity index (χ4v) is 4.73. The minimum atomic E-state index is -0.619. The van der Waals surface area contributed by atoms with Gasteiger partial charge in [-0.3, -0.25) is 14.6 Å².